The first kappa shape index (κ1) is 9.30. The number of morpholine rings is 1. The molecule has 66 valence electrons. The van der Waals surface area contributed by atoms with Crippen molar-refractivity contribution < 1.29 is 9.53 Å². The van der Waals surface area contributed by atoms with E-state index in [0.29, 0.717) is 19.7 Å². The average molecular weight is 189 g/mol. The monoisotopic (exact) mass is 188 g/mol. The van der Waals surface area contributed by atoms with Gasteiger partial charge in [0, 0.05) is 6.54 Å². The first-order valence-corrected chi connectivity index (χ1v) is 4.07. The first-order chi connectivity index (χ1) is 5.74. The van der Waals surface area contributed by atoms with E-state index in [1.807, 2.05) is 6.07 Å². The molecular weight excluding hydrogens is 180 g/mol. The normalized spacial score (nSPS) is 20.3. The Balaban J connectivity index is 2.40. The molecular formula is C7H9ClN2O2. The zero-order valence-corrected chi connectivity index (χ0v) is 7.25. The van der Waals surface area contributed by atoms with Gasteiger partial charge in [-0.2, -0.15) is 5.26 Å². The SMILES string of the molecule is N#CC(Cl)CN1CCOCC1=O. The molecule has 0 aromatic carbocycles. The van der Waals surface area contributed by atoms with Gasteiger partial charge in [-0.15, -0.1) is 11.6 Å². The van der Waals surface area contributed by atoms with Crippen LogP contribution < -0.4 is 0 Å². The minimum Gasteiger partial charge on any atom is -0.370 e. The van der Waals surface area contributed by atoms with Crippen LogP contribution in [0, 0.1) is 11.3 Å². The van der Waals surface area contributed by atoms with Crippen molar-refractivity contribution in [2.24, 2.45) is 0 Å². The second-order valence-corrected chi connectivity index (χ2v) is 3.02. The molecule has 0 radical (unpaired) electrons. The lowest BCUT2D eigenvalue weighted by atomic mass is 10.3. The van der Waals surface area contributed by atoms with Crippen LogP contribution in [0.15, 0.2) is 0 Å². The van der Waals surface area contributed by atoms with E-state index in [9.17, 15) is 4.79 Å². The second-order valence-electron chi connectivity index (χ2n) is 2.49. The minimum atomic E-state index is -0.618. The van der Waals surface area contributed by atoms with E-state index in [2.05, 4.69) is 0 Å². The molecule has 0 aliphatic carbocycles. The highest BCUT2D eigenvalue weighted by atomic mass is 35.5. The summed E-state index contributed by atoms with van der Waals surface area (Å²) in [7, 11) is 0. The van der Waals surface area contributed by atoms with Crippen LogP contribution in [0.5, 0.6) is 0 Å². The molecule has 0 aromatic heterocycles. The summed E-state index contributed by atoms with van der Waals surface area (Å²) in [5.74, 6) is -0.0952. The second kappa shape index (κ2) is 4.29. The number of carbonyl (C=O) groups excluding carboxylic acids is 1. The summed E-state index contributed by atoms with van der Waals surface area (Å²) in [5, 5.41) is 7.78. The molecule has 5 heteroatoms. The molecule has 1 atom stereocenters. The number of halogens is 1. The van der Waals surface area contributed by atoms with Gasteiger partial charge in [0.2, 0.25) is 5.91 Å². The van der Waals surface area contributed by atoms with Crippen LogP contribution in [0.4, 0.5) is 0 Å². The van der Waals surface area contributed by atoms with Crippen LogP contribution in [0.3, 0.4) is 0 Å². The highest BCUT2D eigenvalue weighted by Crippen LogP contribution is 2.03. The number of carbonyl (C=O) groups is 1. The summed E-state index contributed by atoms with van der Waals surface area (Å²) in [5.41, 5.74) is 0. The number of rotatable bonds is 2. The topological polar surface area (TPSA) is 53.3 Å². The van der Waals surface area contributed by atoms with Gasteiger partial charge in [-0.3, -0.25) is 4.79 Å². The van der Waals surface area contributed by atoms with Crippen molar-refractivity contribution in [3.8, 4) is 6.07 Å². The van der Waals surface area contributed by atoms with Gasteiger partial charge in [-0.1, -0.05) is 0 Å². The Bertz CT molecular complexity index is 214. The van der Waals surface area contributed by atoms with Crippen molar-refractivity contribution in [1.82, 2.24) is 4.90 Å². The Morgan fingerprint density at radius 1 is 1.83 bits per heavy atom. The molecule has 1 aliphatic rings. The number of hydrogen-bond donors (Lipinski definition) is 0. The van der Waals surface area contributed by atoms with Gasteiger partial charge in [-0.25, -0.2) is 0 Å². The van der Waals surface area contributed by atoms with Crippen LogP contribution in [0.2, 0.25) is 0 Å². The predicted octanol–water partition coefficient (Wildman–Crippen LogP) is -0.0238. The van der Waals surface area contributed by atoms with E-state index in [4.69, 9.17) is 21.6 Å². The van der Waals surface area contributed by atoms with Crippen molar-refractivity contribution in [1.29, 1.82) is 5.26 Å². The highest BCUT2D eigenvalue weighted by molar-refractivity contribution is 6.22. The zero-order chi connectivity index (χ0) is 8.97. The van der Waals surface area contributed by atoms with Crippen LogP contribution in [0.1, 0.15) is 0 Å². The minimum absolute atomic E-state index is 0.0952. The number of amides is 1. The van der Waals surface area contributed by atoms with E-state index < -0.39 is 5.38 Å². The van der Waals surface area contributed by atoms with E-state index in [0.717, 1.165) is 0 Å². The molecule has 1 amide bonds. The van der Waals surface area contributed by atoms with E-state index >= 15 is 0 Å². The van der Waals surface area contributed by atoms with Gasteiger partial charge in [0.05, 0.1) is 19.2 Å². The van der Waals surface area contributed by atoms with Gasteiger partial charge in [0.25, 0.3) is 0 Å². The first-order valence-electron chi connectivity index (χ1n) is 3.63. The molecule has 1 aliphatic heterocycles. The molecule has 12 heavy (non-hydrogen) atoms. The molecule has 0 aromatic rings. The van der Waals surface area contributed by atoms with E-state index in [-0.39, 0.29) is 12.5 Å². The number of alkyl halides is 1. The maximum atomic E-state index is 11.1. The van der Waals surface area contributed by atoms with Crippen LogP contribution in [0.25, 0.3) is 0 Å². The molecule has 4 nitrogen and oxygen atoms in total. The average Bonchev–Trinajstić information content (AvgIpc) is 2.09. The molecule has 0 bridgehead atoms. The van der Waals surface area contributed by atoms with Gasteiger partial charge >= 0.3 is 0 Å². The molecule has 1 saturated heterocycles. The van der Waals surface area contributed by atoms with E-state index in [1.54, 1.807) is 4.90 Å². The van der Waals surface area contributed by atoms with Gasteiger partial charge in [-0.05, 0) is 0 Å². The number of ether oxygens (including phenoxy) is 1. The molecule has 1 rings (SSSR count). The lowest BCUT2D eigenvalue weighted by Gasteiger charge is -2.26. The number of nitrogens with zero attached hydrogens (tertiary/aromatic N) is 2. The molecule has 0 saturated carbocycles. The molecule has 1 unspecified atom stereocenters. The lowest BCUT2D eigenvalue weighted by Crippen LogP contribution is -2.44. The van der Waals surface area contributed by atoms with Crippen molar-refractivity contribution >= 4 is 17.5 Å². The van der Waals surface area contributed by atoms with E-state index in [1.165, 1.54) is 0 Å². The summed E-state index contributed by atoms with van der Waals surface area (Å²) in [6.45, 7) is 1.46. The fourth-order valence-corrected chi connectivity index (χ4v) is 1.14. The molecule has 0 spiro atoms. The third kappa shape index (κ3) is 2.36. The summed E-state index contributed by atoms with van der Waals surface area (Å²) >= 11 is 5.57. The fraction of sp³-hybridized carbons (Fsp3) is 0.714. The summed E-state index contributed by atoms with van der Waals surface area (Å²) < 4.78 is 4.91. The Morgan fingerprint density at radius 3 is 3.17 bits per heavy atom. The third-order valence-corrected chi connectivity index (χ3v) is 1.84. The molecule has 1 heterocycles. The Hall–Kier alpha value is -0.790. The summed E-state index contributed by atoms with van der Waals surface area (Å²) in [6.07, 6.45) is 0. The predicted molar refractivity (Wildman–Crippen MR) is 42.7 cm³/mol. The van der Waals surface area contributed by atoms with Crippen LogP contribution in [-0.2, 0) is 9.53 Å². The Morgan fingerprint density at radius 2 is 2.58 bits per heavy atom. The van der Waals surface area contributed by atoms with Crippen molar-refractivity contribution in [2.45, 2.75) is 5.38 Å². The van der Waals surface area contributed by atoms with Gasteiger partial charge < -0.3 is 9.64 Å². The standard InChI is InChI=1S/C7H9ClN2O2/c8-6(3-9)4-10-1-2-12-5-7(10)11/h6H,1-2,4-5H2. The van der Waals surface area contributed by atoms with Crippen molar-refractivity contribution in [2.75, 3.05) is 26.3 Å². The summed E-state index contributed by atoms with van der Waals surface area (Å²) in [4.78, 5) is 12.6. The molecule has 0 N–H and O–H groups in total. The quantitative estimate of drug-likeness (QED) is 0.573. The van der Waals surface area contributed by atoms with Gasteiger partial charge in [0.15, 0.2) is 0 Å². The number of nitriles is 1. The Labute approximate surface area is 75.7 Å². The van der Waals surface area contributed by atoms with Gasteiger partial charge in [0.1, 0.15) is 12.0 Å². The smallest absolute Gasteiger partial charge is 0.248 e. The highest BCUT2D eigenvalue weighted by Gasteiger charge is 2.20. The number of hydrogen-bond acceptors (Lipinski definition) is 3. The van der Waals surface area contributed by atoms with Crippen molar-refractivity contribution in [3.05, 3.63) is 0 Å². The fourth-order valence-electron chi connectivity index (χ4n) is 0.978. The largest absolute Gasteiger partial charge is 0.370 e. The zero-order valence-electron chi connectivity index (χ0n) is 6.49. The van der Waals surface area contributed by atoms with Crippen LogP contribution in [-0.4, -0.2) is 42.5 Å². The van der Waals surface area contributed by atoms with Crippen LogP contribution >= 0.6 is 11.6 Å². The maximum Gasteiger partial charge on any atom is 0.248 e. The molecule has 1 fully saturated rings. The van der Waals surface area contributed by atoms with Crippen molar-refractivity contribution in [3.63, 3.8) is 0 Å². The summed E-state index contributed by atoms with van der Waals surface area (Å²) in [6, 6.07) is 1.86. The third-order valence-electron chi connectivity index (χ3n) is 1.60. The lowest BCUT2D eigenvalue weighted by molar-refractivity contribution is -0.142. The Kier molecular flexibility index (Phi) is 3.32. The maximum absolute atomic E-state index is 11.1.